The van der Waals surface area contributed by atoms with Crippen LogP contribution in [0.5, 0.6) is 0 Å². The molecule has 12 heteroatoms. The van der Waals surface area contributed by atoms with Gasteiger partial charge >= 0.3 is 6.18 Å². The largest absolute Gasteiger partial charge is 0.416 e. The predicted molar refractivity (Wildman–Crippen MR) is 164 cm³/mol. The average molecular weight is 641 g/mol. The second-order valence-electron chi connectivity index (χ2n) is 10.3. The van der Waals surface area contributed by atoms with Crippen LogP contribution in [0.2, 0.25) is 0 Å². The van der Waals surface area contributed by atoms with Gasteiger partial charge in [-0.05, 0) is 53.6 Å². The third-order valence-corrected chi connectivity index (χ3v) is 7.37. The first kappa shape index (κ1) is 33.2. The SMILES string of the molecule is Cl.NCc1ccc(N2C(=O)C(CC(=O)NCc3ccccc3F)C(=O)N(Cc3ccc(C(F)(F)F)cc3)c3ccccc32)cc1. The van der Waals surface area contributed by atoms with Crippen LogP contribution < -0.4 is 20.9 Å². The van der Waals surface area contributed by atoms with Gasteiger partial charge in [0.05, 0.1) is 23.5 Å². The molecule has 0 radical (unpaired) electrons. The van der Waals surface area contributed by atoms with Crippen LogP contribution in [0.25, 0.3) is 0 Å². The molecule has 0 saturated carbocycles. The molecule has 4 aromatic carbocycles. The Balaban J connectivity index is 0.00000461. The van der Waals surface area contributed by atoms with E-state index in [1.165, 1.54) is 40.1 Å². The highest BCUT2D eigenvalue weighted by molar-refractivity contribution is 6.21. The first-order valence-corrected chi connectivity index (χ1v) is 13.8. The van der Waals surface area contributed by atoms with Gasteiger partial charge in [0.15, 0.2) is 0 Å². The third kappa shape index (κ3) is 7.33. The molecular weight excluding hydrogens is 612 g/mol. The maximum atomic E-state index is 14.2. The van der Waals surface area contributed by atoms with Gasteiger partial charge in [-0.25, -0.2) is 4.39 Å². The third-order valence-electron chi connectivity index (χ3n) is 7.37. The molecule has 1 aliphatic heterocycles. The number of para-hydroxylation sites is 2. The van der Waals surface area contributed by atoms with E-state index in [9.17, 15) is 31.9 Å². The molecule has 4 aromatic rings. The molecule has 0 fully saturated rings. The van der Waals surface area contributed by atoms with Gasteiger partial charge in [0, 0.05) is 30.8 Å². The maximum Gasteiger partial charge on any atom is 0.416 e. The Morgan fingerprint density at radius 1 is 0.800 bits per heavy atom. The van der Waals surface area contributed by atoms with E-state index in [-0.39, 0.29) is 37.6 Å². The van der Waals surface area contributed by atoms with Gasteiger partial charge in [0.2, 0.25) is 17.7 Å². The van der Waals surface area contributed by atoms with Crippen LogP contribution in [0.3, 0.4) is 0 Å². The van der Waals surface area contributed by atoms with Gasteiger partial charge in [-0.3, -0.25) is 19.3 Å². The number of alkyl halides is 3. The summed E-state index contributed by atoms with van der Waals surface area (Å²) < 4.78 is 53.7. The molecular formula is C33H29ClF4N4O3. The Morgan fingerprint density at radius 3 is 2.02 bits per heavy atom. The number of amides is 3. The fraction of sp³-hybridized carbons (Fsp3) is 0.182. The highest BCUT2D eigenvalue weighted by atomic mass is 35.5. The molecule has 0 aromatic heterocycles. The van der Waals surface area contributed by atoms with Gasteiger partial charge in [0.1, 0.15) is 11.7 Å². The number of carbonyl (C=O) groups excluding carboxylic acids is 3. The number of carbonyl (C=O) groups is 3. The summed E-state index contributed by atoms with van der Waals surface area (Å²) in [6.07, 6.45) is -5.07. The quantitative estimate of drug-likeness (QED) is 0.176. The van der Waals surface area contributed by atoms with Crippen LogP contribution in [-0.4, -0.2) is 17.7 Å². The summed E-state index contributed by atoms with van der Waals surface area (Å²) >= 11 is 0. The number of nitrogens with one attached hydrogen (secondary N) is 1. The smallest absolute Gasteiger partial charge is 0.352 e. The monoisotopic (exact) mass is 640 g/mol. The van der Waals surface area contributed by atoms with E-state index in [0.717, 1.165) is 17.7 Å². The Kier molecular flexibility index (Phi) is 10.3. The Labute approximate surface area is 263 Å². The Bertz CT molecular complexity index is 1680. The summed E-state index contributed by atoms with van der Waals surface area (Å²) in [4.78, 5) is 44.1. The van der Waals surface area contributed by atoms with Crippen molar-refractivity contribution >= 4 is 47.2 Å². The summed E-state index contributed by atoms with van der Waals surface area (Å²) in [6.45, 7) is -0.0378. The molecule has 1 heterocycles. The topological polar surface area (TPSA) is 95.7 Å². The van der Waals surface area contributed by atoms with E-state index < -0.39 is 47.6 Å². The number of nitrogens with two attached hydrogens (primary N) is 1. The Hall–Kier alpha value is -4.74. The van der Waals surface area contributed by atoms with Crippen molar-refractivity contribution < 1.29 is 31.9 Å². The maximum absolute atomic E-state index is 14.2. The number of anilines is 3. The zero-order valence-corrected chi connectivity index (χ0v) is 24.6. The molecule has 0 spiro atoms. The fourth-order valence-corrected chi connectivity index (χ4v) is 5.03. The number of hydrogen-bond acceptors (Lipinski definition) is 4. The van der Waals surface area contributed by atoms with Crippen molar-refractivity contribution in [2.75, 3.05) is 9.80 Å². The summed E-state index contributed by atoms with van der Waals surface area (Å²) in [6, 6.07) is 23.8. The van der Waals surface area contributed by atoms with Gasteiger partial charge < -0.3 is 16.0 Å². The van der Waals surface area contributed by atoms with E-state index in [2.05, 4.69) is 5.32 Å². The van der Waals surface area contributed by atoms with Crippen molar-refractivity contribution in [2.24, 2.45) is 11.7 Å². The minimum atomic E-state index is -4.53. The molecule has 0 bridgehead atoms. The molecule has 1 aliphatic rings. The number of halogens is 5. The van der Waals surface area contributed by atoms with Crippen LogP contribution >= 0.6 is 12.4 Å². The first-order valence-electron chi connectivity index (χ1n) is 13.8. The van der Waals surface area contributed by atoms with Gasteiger partial charge in [-0.1, -0.05) is 54.6 Å². The summed E-state index contributed by atoms with van der Waals surface area (Å²) in [7, 11) is 0. The van der Waals surface area contributed by atoms with Crippen LogP contribution in [0.4, 0.5) is 34.6 Å². The van der Waals surface area contributed by atoms with E-state index in [4.69, 9.17) is 5.73 Å². The van der Waals surface area contributed by atoms with Crippen LogP contribution in [-0.2, 0) is 40.2 Å². The van der Waals surface area contributed by atoms with Crippen molar-refractivity contribution in [2.45, 2.75) is 32.2 Å². The zero-order chi connectivity index (χ0) is 31.4. The zero-order valence-electron chi connectivity index (χ0n) is 23.8. The molecule has 234 valence electrons. The molecule has 5 rings (SSSR count). The molecule has 0 saturated heterocycles. The lowest BCUT2D eigenvalue weighted by Gasteiger charge is -2.26. The van der Waals surface area contributed by atoms with Crippen molar-refractivity contribution in [1.82, 2.24) is 5.32 Å². The lowest BCUT2D eigenvalue weighted by atomic mass is 10.0. The van der Waals surface area contributed by atoms with Crippen molar-refractivity contribution in [3.05, 3.63) is 125 Å². The normalized spacial score (nSPS) is 14.8. The lowest BCUT2D eigenvalue weighted by Crippen LogP contribution is -2.43. The number of hydrogen-bond donors (Lipinski definition) is 2. The first-order chi connectivity index (χ1) is 21.1. The van der Waals surface area contributed by atoms with Gasteiger partial charge in [-0.15, -0.1) is 12.4 Å². The van der Waals surface area contributed by atoms with Gasteiger partial charge in [0.25, 0.3) is 0 Å². The van der Waals surface area contributed by atoms with Crippen LogP contribution in [0, 0.1) is 11.7 Å². The van der Waals surface area contributed by atoms with Crippen molar-refractivity contribution in [3.8, 4) is 0 Å². The Morgan fingerprint density at radius 2 is 1.40 bits per heavy atom. The van der Waals surface area contributed by atoms with Crippen molar-refractivity contribution in [1.29, 1.82) is 0 Å². The molecule has 7 nitrogen and oxygen atoms in total. The molecule has 1 atom stereocenters. The number of benzene rings is 4. The second-order valence-corrected chi connectivity index (χ2v) is 10.3. The molecule has 45 heavy (non-hydrogen) atoms. The number of rotatable bonds is 8. The van der Waals surface area contributed by atoms with Crippen molar-refractivity contribution in [3.63, 3.8) is 0 Å². The van der Waals surface area contributed by atoms with Crippen LogP contribution in [0.15, 0.2) is 97.1 Å². The second kappa shape index (κ2) is 13.9. The van der Waals surface area contributed by atoms with Crippen LogP contribution in [0.1, 0.15) is 28.7 Å². The highest BCUT2D eigenvalue weighted by Gasteiger charge is 2.42. The summed E-state index contributed by atoms with van der Waals surface area (Å²) in [5.41, 5.74) is 7.46. The van der Waals surface area contributed by atoms with E-state index in [0.29, 0.717) is 22.6 Å². The van der Waals surface area contributed by atoms with E-state index in [1.807, 2.05) is 0 Å². The average Bonchev–Trinajstić information content (AvgIpc) is 3.09. The standard InChI is InChI=1S/C33H28F4N4O3.ClH/c34-27-6-2-1-5-23(27)19-39-30(42)17-26-31(43)40(20-22-9-13-24(14-10-22)33(35,36)37)28-7-3-4-8-29(28)41(32(26)44)25-15-11-21(18-38)12-16-25;/h1-16,26H,17-20,38H2,(H,39,42);1H. The minimum absolute atomic E-state index is 0. The molecule has 1 unspecified atom stereocenters. The molecule has 3 N–H and O–H groups in total. The van der Waals surface area contributed by atoms with Gasteiger partial charge in [-0.2, -0.15) is 13.2 Å². The fourth-order valence-electron chi connectivity index (χ4n) is 5.03. The van der Waals surface area contributed by atoms with E-state index >= 15 is 0 Å². The molecule has 0 aliphatic carbocycles. The summed E-state index contributed by atoms with van der Waals surface area (Å²) in [5.74, 6) is -4.03. The predicted octanol–water partition coefficient (Wildman–Crippen LogP) is 6.26. The van der Waals surface area contributed by atoms with E-state index in [1.54, 1.807) is 54.6 Å². The number of nitrogens with zero attached hydrogens (tertiary/aromatic N) is 2. The lowest BCUT2D eigenvalue weighted by molar-refractivity contribution is -0.137. The minimum Gasteiger partial charge on any atom is -0.352 e. The number of fused-ring (bicyclic) bond motifs is 1. The highest BCUT2D eigenvalue weighted by Crippen LogP contribution is 2.41. The molecule has 3 amide bonds. The summed E-state index contributed by atoms with van der Waals surface area (Å²) in [5, 5.41) is 2.58.